The maximum Gasteiger partial charge on any atom is 0.220 e. The standard InChI is InChI=1S/C27H39FN2O2/c1-4-7-18(5-2)29-25(31)13-10-17-16-24(30-32)27(3)15-14-20-19-8-6-9-23(28)21(19)11-12-22(20)26(17)27/h6,8-9,17-18,20,22,26,32H,4-5,7,10-16H2,1-3H3,(H,29,31)/b30-24+/t17-,18?,20?,22?,26?,27-/m1/s1. The molecule has 4 nitrogen and oxygen atoms in total. The molecule has 2 N–H and O–H groups in total. The van der Waals surface area contributed by atoms with Crippen molar-refractivity contribution < 1.29 is 14.4 Å². The number of nitrogens with zero attached hydrogens (tertiary/aromatic N) is 1. The van der Waals surface area contributed by atoms with Crippen LogP contribution in [0.3, 0.4) is 0 Å². The van der Waals surface area contributed by atoms with E-state index in [1.165, 1.54) is 5.56 Å². The van der Waals surface area contributed by atoms with Gasteiger partial charge in [-0.2, -0.15) is 0 Å². The molecule has 176 valence electrons. The molecule has 1 aromatic rings. The van der Waals surface area contributed by atoms with Crippen molar-refractivity contribution in [1.29, 1.82) is 0 Å². The molecule has 32 heavy (non-hydrogen) atoms. The Morgan fingerprint density at radius 2 is 2.16 bits per heavy atom. The zero-order chi connectivity index (χ0) is 22.9. The molecule has 0 aliphatic heterocycles. The number of halogens is 1. The van der Waals surface area contributed by atoms with Crippen molar-refractivity contribution in [3.8, 4) is 0 Å². The molecule has 6 atom stereocenters. The van der Waals surface area contributed by atoms with Gasteiger partial charge in [-0.3, -0.25) is 4.79 Å². The Morgan fingerprint density at radius 3 is 2.88 bits per heavy atom. The van der Waals surface area contributed by atoms with Gasteiger partial charge in [0.15, 0.2) is 0 Å². The van der Waals surface area contributed by atoms with Crippen molar-refractivity contribution in [3.63, 3.8) is 0 Å². The van der Waals surface area contributed by atoms with Gasteiger partial charge < -0.3 is 10.5 Å². The summed E-state index contributed by atoms with van der Waals surface area (Å²) in [6.45, 7) is 6.54. The molecule has 0 aromatic heterocycles. The topological polar surface area (TPSA) is 61.7 Å². The molecule has 2 fully saturated rings. The summed E-state index contributed by atoms with van der Waals surface area (Å²) < 4.78 is 14.5. The highest BCUT2D eigenvalue weighted by atomic mass is 19.1. The highest BCUT2D eigenvalue weighted by molar-refractivity contribution is 5.92. The maximum atomic E-state index is 14.5. The number of rotatable bonds is 7. The minimum Gasteiger partial charge on any atom is -0.411 e. The van der Waals surface area contributed by atoms with Crippen molar-refractivity contribution in [1.82, 2.24) is 5.32 Å². The van der Waals surface area contributed by atoms with E-state index in [1.54, 1.807) is 6.07 Å². The van der Waals surface area contributed by atoms with Gasteiger partial charge in [-0.15, -0.1) is 0 Å². The van der Waals surface area contributed by atoms with Crippen molar-refractivity contribution >= 4 is 11.6 Å². The van der Waals surface area contributed by atoms with Gasteiger partial charge in [-0.05, 0) is 92.2 Å². The van der Waals surface area contributed by atoms with E-state index < -0.39 is 0 Å². The molecule has 3 aliphatic carbocycles. The van der Waals surface area contributed by atoms with Crippen LogP contribution >= 0.6 is 0 Å². The van der Waals surface area contributed by atoms with E-state index in [0.717, 1.165) is 69.1 Å². The first-order valence-corrected chi connectivity index (χ1v) is 12.7. The average Bonchev–Trinajstić information content (AvgIpc) is 3.09. The van der Waals surface area contributed by atoms with E-state index in [2.05, 4.69) is 37.3 Å². The van der Waals surface area contributed by atoms with Crippen LogP contribution in [0.4, 0.5) is 4.39 Å². The largest absolute Gasteiger partial charge is 0.411 e. The van der Waals surface area contributed by atoms with Gasteiger partial charge in [-0.1, -0.05) is 44.5 Å². The first kappa shape index (κ1) is 23.3. The normalized spacial score (nSPS) is 33.3. The zero-order valence-corrected chi connectivity index (χ0v) is 19.9. The van der Waals surface area contributed by atoms with Crippen LogP contribution in [0.1, 0.15) is 95.6 Å². The molecule has 0 radical (unpaired) electrons. The van der Waals surface area contributed by atoms with Gasteiger partial charge in [0, 0.05) is 17.9 Å². The molecular weight excluding hydrogens is 403 g/mol. The third kappa shape index (κ3) is 4.08. The lowest BCUT2D eigenvalue weighted by Gasteiger charge is -2.50. The third-order valence-corrected chi connectivity index (χ3v) is 8.95. The molecule has 0 bridgehead atoms. The number of amides is 1. The average molecular weight is 443 g/mol. The lowest BCUT2D eigenvalue weighted by molar-refractivity contribution is -0.122. The second kappa shape index (κ2) is 9.52. The van der Waals surface area contributed by atoms with Gasteiger partial charge in [0.25, 0.3) is 0 Å². The smallest absolute Gasteiger partial charge is 0.220 e. The summed E-state index contributed by atoms with van der Waals surface area (Å²) in [6.07, 6.45) is 8.92. The maximum absolute atomic E-state index is 14.5. The SMILES string of the molecule is CCCC(CC)NC(=O)CC[C@@H]1C/C(=N\O)[C@@]2(C)CCC3c4cccc(F)c4CCC3C12. The molecule has 3 aliphatic rings. The molecule has 0 heterocycles. The van der Waals surface area contributed by atoms with Gasteiger partial charge in [0.1, 0.15) is 5.82 Å². The molecule has 0 saturated heterocycles. The molecular formula is C27H39FN2O2. The van der Waals surface area contributed by atoms with Crippen LogP contribution < -0.4 is 5.32 Å². The Kier molecular flexibility index (Phi) is 6.92. The number of fused-ring (bicyclic) bond motifs is 5. The predicted octanol–water partition coefficient (Wildman–Crippen LogP) is 6.21. The number of nitrogens with one attached hydrogen (secondary N) is 1. The predicted molar refractivity (Wildman–Crippen MR) is 125 cm³/mol. The number of hydrogen-bond donors (Lipinski definition) is 2. The van der Waals surface area contributed by atoms with Gasteiger partial charge >= 0.3 is 0 Å². The van der Waals surface area contributed by atoms with Gasteiger partial charge in [0.05, 0.1) is 5.71 Å². The van der Waals surface area contributed by atoms with Gasteiger partial charge in [-0.25, -0.2) is 4.39 Å². The van der Waals surface area contributed by atoms with E-state index in [9.17, 15) is 14.4 Å². The Balaban J connectivity index is 1.53. The van der Waals surface area contributed by atoms with E-state index >= 15 is 0 Å². The molecule has 2 saturated carbocycles. The van der Waals surface area contributed by atoms with Crippen LogP contribution in [-0.4, -0.2) is 22.9 Å². The Morgan fingerprint density at radius 1 is 1.34 bits per heavy atom. The van der Waals surface area contributed by atoms with E-state index in [4.69, 9.17) is 0 Å². The fourth-order valence-corrected chi connectivity index (χ4v) is 7.42. The Hall–Kier alpha value is -1.91. The summed E-state index contributed by atoms with van der Waals surface area (Å²) in [4.78, 5) is 12.7. The first-order chi connectivity index (χ1) is 15.4. The van der Waals surface area contributed by atoms with Crippen LogP contribution in [0.5, 0.6) is 0 Å². The van der Waals surface area contributed by atoms with Gasteiger partial charge in [0.2, 0.25) is 5.91 Å². The van der Waals surface area contributed by atoms with Crippen LogP contribution in [0.25, 0.3) is 0 Å². The monoisotopic (exact) mass is 442 g/mol. The number of carbonyl (C=O) groups is 1. The van der Waals surface area contributed by atoms with Crippen molar-refractivity contribution in [2.24, 2.45) is 28.3 Å². The number of benzene rings is 1. The molecule has 5 heteroatoms. The van der Waals surface area contributed by atoms with Crippen LogP contribution in [0.15, 0.2) is 23.4 Å². The first-order valence-electron chi connectivity index (χ1n) is 12.7. The molecule has 0 spiro atoms. The van der Waals surface area contributed by atoms with Crippen LogP contribution in [-0.2, 0) is 11.2 Å². The number of hydrogen-bond acceptors (Lipinski definition) is 3. The zero-order valence-electron chi connectivity index (χ0n) is 19.9. The summed E-state index contributed by atoms with van der Waals surface area (Å²) in [7, 11) is 0. The summed E-state index contributed by atoms with van der Waals surface area (Å²) in [5.41, 5.74) is 2.90. The second-order valence-electron chi connectivity index (χ2n) is 10.6. The summed E-state index contributed by atoms with van der Waals surface area (Å²) >= 11 is 0. The fraction of sp³-hybridized carbons (Fsp3) is 0.704. The van der Waals surface area contributed by atoms with Crippen molar-refractivity contribution in [2.75, 3.05) is 0 Å². The summed E-state index contributed by atoms with van der Waals surface area (Å²) in [5, 5.41) is 16.8. The molecule has 1 amide bonds. The van der Waals surface area contributed by atoms with Crippen LogP contribution in [0, 0.1) is 29.0 Å². The van der Waals surface area contributed by atoms with E-state index in [-0.39, 0.29) is 23.2 Å². The minimum absolute atomic E-state index is 0.0657. The quantitative estimate of drug-likeness (QED) is 0.389. The Labute approximate surface area is 192 Å². The lowest BCUT2D eigenvalue weighted by atomic mass is 9.54. The van der Waals surface area contributed by atoms with Crippen LogP contribution in [0.2, 0.25) is 0 Å². The highest BCUT2D eigenvalue weighted by Gasteiger charge is 2.57. The van der Waals surface area contributed by atoms with E-state index in [1.807, 2.05) is 6.07 Å². The third-order valence-electron chi connectivity index (χ3n) is 8.95. The number of carbonyl (C=O) groups excluding carboxylic acids is 1. The van der Waals surface area contributed by atoms with E-state index in [0.29, 0.717) is 30.1 Å². The number of oxime groups is 1. The molecule has 1 aromatic carbocycles. The fourth-order valence-electron chi connectivity index (χ4n) is 7.42. The lowest BCUT2D eigenvalue weighted by Crippen LogP contribution is -2.44. The minimum atomic E-state index is -0.115. The van der Waals surface area contributed by atoms with Crippen molar-refractivity contribution in [3.05, 3.63) is 35.1 Å². The highest BCUT2D eigenvalue weighted by Crippen LogP contribution is 2.62. The summed E-state index contributed by atoms with van der Waals surface area (Å²) in [6, 6.07) is 5.82. The van der Waals surface area contributed by atoms with Crippen molar-refractivity contribution in [2.45, 2.75) is 96.9 Å². The summed E-state index contributed by atoms with van der Waals surface area (Å²) in [5.74, 6) is 1.63. The Bertz CT molecular complexity index is 869. The second-order valence-corrected chi connectivity index (χ2v) is 10.6. The molecule has 4 rings (SSSR count). The molecule has 4 unspecified atom stereocenters.